The van der Waals surface area contributed by atoms with Crippen LogP contribution in [0.3, 0.4) is 0 Å². The molecule has 9 aromatic rings. The first-order chi connectivity index (χ1) is 24.7. The summed E-state index contributed by atoms with van der Waals surface area (Å²) in [5.41, 5.74) is 14.6. The third-order valence-corrected chi connectivity index (χ3v) is 11.8. The van der Waals surface area contributed by atoms with Crippen LogP contribution in [0.2, 0.25) is 0 Å². The molecule has 0 amide bonds. The molecule has 0 heterocycles. The van der Waals surface area contributed by atoms with Crippen LogP contribution in [-0.2, 0) is 10.8 Å². The van der Waals surface area contributed by atoms with E-state index in [0.29, 0.717) is 0 Å². The smallest absolute Gasteiger partial charge is 0.0159 e. The molecule has 0 fully saturated rings. The molecule has 0 aromatic heterocycles. The molecular weight excluding hydrogens is 613 g/mol. The Balaban J connectivity index is 1.17. The average molecular weight is 653 g/mol. The Hall–Kier alpha value is -5.72. The first-order valence-electron chi connectivity index (χ1n) is 18.3. The van der Waals surface area contributed by atoms with E-state index in [0.717, 1.165) is 0 Å². The maximum atomic E-state index is 2.43. The number of fused-ring (bicyclic) bond motifs is 4. The van der Waals surface area contributed by atoms with E-state index in [1.807, 2.05) is 0 Å². The molecule has 1 aliphatic rings. The van der Waals surface area contributed by atoms with Crippen LogP contribution in [0.1, 0.15) is 51.3 Å². The largest absolute Gasteiger partial charge is 0.0622 e. The zero-order valence-electron chi connectivity index (χ0n) is 29.9. The fraction of sp³-hybridized carbons (Fsp3) is 0.137. The minimum Gasteiger partial charge on any atom is -0.0622 e. The molecular formula is C51H40. The fourth-order valence-electron chi connectivity index (χ4n) is 9.02. The number of hydrogen-bond donors (Lipinski definition) is 0. The van der Waals surface area contributed by atoms with Crippen molar-refractivity contribution in [2.24, 2.45) is 0 Å². The SMILES string of the molecule is CC(C)(C)c1cc2ccc3ccc(-c4ccc5cc(-c6ccc7c(c6)C(C)(C)c6ccccc6-7)ccc5c4-c4ccccc4)c4ccc(c1)c2c34. The second-order valence-corrected chi connectivity index (χ2v) is 16.2. The molecule has 1 aliphatic carbocycles. The Morgan fingerprint density at radius 3 is 1.78 bits per heavy atom. The molecule has 10 rings (SSSR count). The summed E-state index contributed by atoms with van der Waals surface area (Å²) >= 11 is 0. The maximum absolute atomic E-state index is 2.43. The van der Waals surface area contributed by atoms with Gasteiger partial charge in [-0.15, -0.1) is 0 Å². The zero-order valence-corrected chi connectivity index (χ0v) is 29.9. The van der Waals surface area contributed by atoms with Gasteiger partial charge in [-0.2, -0.15) is 0 Å². The summed E-state index contributed by atoms with van der Waals surface area (Å²) in [7, 11) is 0. The van der Waals surface area contributed by atoms with Crippen LogP contribution in [0.5, 0.6) is 0 Å². The van der Waals surface area contributed by atoms with Crippen molar-refractivity contribution < 1.29 is 0 Å². The third kappa shape index (κ3) is 4.46. The molecule has 0 saturated carbocycles. The lowest BCUT2D eigenvalue weighted by atomic mass is 9.81. The van der Waals surface area contributed by atoms with Crippen molar-refractivity contribution in [2.45, 2.75) is 45.4 Å². The first-order valence-corrected chi connectivity index (χ1v) is 18.3. The van der Waals surface area contributed by atoms with E-state index < -0.39 is 0 Å². The van der Waals surface area contributed by atoms with Crippen LogP contribution < -0.4 is 0 Å². The van der Waals surface area contributed by atoms with Gasteiger partial charge in [0.05, 0.1) is 0 Å². The summed E-state index contributed by atoms with van der Waals surface area (Å²) in [4.78, 5) is 0. The van der Waals surface area contributed by atoms with E-state index >= 15 is 0 Å². The number of rotatable bonds is 3. The number of hydrogen-bond acceptors (Lipinski definition) is 0. The Morgan fingerprint density at radius 1 is 0.392 bits per heavy atom. The van der Waals surface area contributed by atoms with Crippen molar-refractivity contribution in [1.82, 2.24) is 0 Å². The normalized spacial score (nSPS) is 13.7. The summed E-state index contributed by atoms with van der Waals surface area (Å²) in [6.07, 6.45) is 0. The highest BCUT2D eigenvalue weighted by atomic mass is 14.4. The van der Waals surface area contributed by atoms with E-state index in [2.05, 4.69) is 186 Å². The average Bonchev–Trinajstić information content (AvgIpc) is 3.38. The Bertz CT molecular complexity index is 2820. The predicted molar refractivity (Wildman–Crippen MR) is 220 cm³/mol. The highest BCUT2D eigenvalue weighted by molar-refractivity contribution is 6.26. The molecule has 0 spiro atoms. The Morgan fingerprint density at radius 2 is 0.980 bits per heavy atom. The molecule has 244 valence electrons. The van der Waals surface area contributed by atoms with Gasteiger partial charge in [0.25, 0.3) is 0 Å². The molecule has 51 heavy (non-hydrogen) atoms. The van der Waals surface area contributed by atoms with E-state index in [1.54, 1.807) is 0 Å². The van der Waals surface area contributed by atoms with Gasteiger partial charge in [0, 0.05) is 5.41 Å². The highest BCUT2D eigenvalue weighted by Gasteiger charge is 2.35. The van der Waals surface area contributed by atoms with Gasteiger partial charge in [-0.1, -0.05) is 174 Å². The van der Waals surface area contributed by atoms with E-state index in [9.17, 15) is 0 Å². The molecule has 0 N–H and O–H groups in total. The van der Waals surface area contributed by atoms with Crippen LogP contribution >= 0.6 is 0 Å². The molecule has 0 nitrogen and oxygen atoms in total. The summed E-state index contributed by atoms with van der Waals surface area (Å²) in [6.45, 7) is 11.6. The van der Waals surface area contributed by atoms with Crippen molar-refractivity contribution in [3.8, 4) is 44.5 Å². The molecule has 0 atom stereocenters. The molecule has 0 unspecified atom stereocenters. The lowest BCUT2D eigenvalue weighted by Gasteiger charge is -2.22. The minimum atomic E-state index is -0.0241. The van der Waals surface area contributed by atoms with E-state index in [-0.39, 0.29) is 10.8 Å². The van der Waals surface area contributed by atoms with Crippen molar-refractivity contribution in [2.75, 3.05) is 0 Å². The van der Waals surface area contributed by atoms with Crippen molar-refractivity contribution in [3.05, 3.63) is 168 Å². The van der Waals surface area contributed by atoms with Gasteiger partial charge in [-0.05, 0) is 122 Å². The van der Waals surface area contributed by atoms with Crippen LogP contribution in [0.25, 0.3) is 87.6 Å². The second-order valence-electron chi connectivity index (χ2n) is 16.2. The van der Waals surface area contributed by atoms with Gasteiger partial charge in [0.2, 0.25) is 0 Å². The Labute approximate surface area is 300 Å². The predicted octanol–water partition coefficient (Wildman–Crippen LogP) is 14.3. The molecule has 0 aliphatic heterocycles. The van der Waals surface area contributed by atoms with Crippen LogP contribution in [0, 0.1) is 0 Å². The molecule has 0 bridgehead atoms. The number of benzene rings is 9. The summed E-state index contributed by atoms with van der Waals surface area (Å²) < 4.78 is 0. The third-order valence-electron chi connectivity index (χ3n) is 11.8. The highest BCUT2D eigenvalue weighted by Crippen LogP contribution is 2.50. The van der Waals surface area contributed by atoms with Crippen molar-refractivity contribution >= 4 is 43.1 Å². The lowest BCUT2D eigenvalue weighted by Crippen LogP contribution is -2.14. The topological polar surface area (TPSA) is 0 Å². The second kappa shape index (κ2) is 10.6. The van der Waals surface area contributed by atoms with Gasteiger partial charge in [0.1, 0.15) is 0 Å². The van der Waals surface area contributed by atoms with Crippen LogP contribution in [-0.4, -0.2) is 0 Å². The van der Waals surface area contributed by atoms with Crippen molar-refractivity contribution in [1.29, 1.82) is 0 Å². The van der Waals surface area contributed by atoms with Crippen LogP contribution in [0.4, 0.5) is 0 Å². The van der Waals surface area contributed by atoms with Gasteiger partial charge < -0.3 is 0 Å². The van der Waals surface area contributed by atoms with E-state index in [1.165, 1.54) is 104 Å². The molecule has 0 saturated heterocycles. The van der Waals surface area contributed by atoms with Gasteiger partial charge in [-0.3, -0.25) is 0 Å². The van der Waals surface area contributed by atoms with Gasteiger partial charge in [0.15, 0.2) is 0 Å². The van der Waals surface area contributed by atoms with E-state index in [4.69, 9.17) is 0 Å². The summed E-state index contributed by atoms with van der Waals surface area (Å²) in [5, 5.41) is 10.5. The first kappa shape index (κ1) is 30.1. The monoisotopic (exact) mass is 652 g/mol. The quantitative estimate of drug-likeness (QED) is 0.167. The maximum Gasteiger partial charge on any atom is 0.0159 e. The summed E-state index contributed by atoms with van der Waals surface area (Å²) in [6, 6.07) is 57.5. The van der Waals surface area contributed by atoms with Gasteiger partial charge >= 0.3 is 0 Å². The molecule has 9 aromatic carbocycles. The standard InChI is InChI=1S/C51H40/c1-50(2,3)38-28-36-16-15-32-17-23-40(44-26-21-37(29-38)47(36)49(32)44)43-25-20-35-27-33(18-22-39(35)48(43)31-11-7-6-8-12-31)34-19-24-42-41-13-9-10-14-45(41)51(4,5)46(42)30-34/h6-30H,1-5H3. The molecule has 0 heteroatoms. The fourth-order valence-corrected chi connectivity index (χ4v) is 9.02. The minimum absolute atomic E-state index is 0.0241. The van der Waals surface area contributed by atoms with Crippen LogP contribution in [0.15, 0.2) is 152 Å². The zero-order chi connectivity index (χ0) is 34.6. The summed E-state index contributed by atoms with van der Waals surface area (Å²) in [5.74, 6) is 0. The molecule has 0 radical (unpaired) electrons. The van der Waals surface area contributed by atoms with Crippen molar-refractivity contribution in [3.63, 3.8) is 0 Å². The lowest BCUT2D eigenvalue weighted by molar-refractivity contribution is 0.591. The van der Waals surface area contributed by atoms with Gasteiger partial charge in [-0.25, -0.2) is 0 Å². The Kier molecular flexibility index (Phi) is 6.29.